The topological polar surface area (TPSA) is 113 Å². The number of sulfonamides is 1. The summed E-state index contributed by atoms with van der Waals surface area (Å²) in [5, 5.41) is 14.1. The molecule has 2 amide bonds. The van der Waals surface area contributed by atoms with E-state index in [0.717, 1.165) is 24.5 Å². The molecule has 1 aliphatic carbocycles. The van der Waals surface area contributed by atoms with Gasteiger partial charge >= 0.3 is 6.03 Å². The first-order chi connectivity index (χ1) is 14.9. The molecule has 2 aliphatic rings. The van der Waals surface area contributed by atoms with Crippen molar-refractivity contribution in [3.63, 3.8) is 0 Å². The Bertz CT molecular complexity index is 1060. The molecule has 1 aliphatic heterocycles. The van der Waals surface area contributed by atoms with Gasteiger partial charge in [-0.15, -0.1) is 0 Å². The number of nitrogens with zero attached hydrogens (tertiary/aromatic N) is 3. The van der Waals surface area contributed by atoms with Gasteiger partial charge in [0.1, 0.15) is 0 Å². The monoisotopic (exact) mass is 444 g/mol. The molecule has 1 heterocycles. The number of amides is 2. The normalized spacial score (nSPS) is 18.4. The number of non-ortho nitro benzene ring substituents is 1. The number of hydrogen-bond donors (Lipinski definition) is 1. The van der Waals surface area contributed by atoms with Gasteiger partial charge in [-0.1, -0.05) is 36.4 Å². The Hall–Kier alpha value is -2.98. The predicted octanol–water partition coefficient (Wildman–Crippen LogP) is 2.76. The van der Waals surface area contributed by atoms with E-state index >= 15 is 0 Å². The first-order valence-electron chi connectivity index (χ1n) is 10.2. The zero-order valence-corrected chi connectivity index (χ0v) is 17.7. The number of urea groups is 1. The highest BCUT2D eigenvalue weighted by molar-refractivity contribution is 7.89. The van der Waals surface area contributed by atoms with Crippen LogP contribution in [-0.2, 0) is 10.0 Å². The number of hydrogen-bond acceptors (Lipinski definition) is 5. The van der Waals surface area contributed by atoms with Crippen molar-refractivity contribution < 1.29 is 18.1 Å². The fourth-order valence-electron chi connectivity index (χ4n) is 3.83. The van der Waals surface area contributed by atoms with E-state index in [0.29, 0.717) is 5.92 Å². The van der Waals surface area contributed by atoms with Gasteiger partial charge in [0.05, 0.1) is 15.9 Å². The minimum absolute atomic E-state index is 0.0414. The third-order valence-corrected chi connectivity index (χ3v) is 7.62. The van der Waals surface area contributed by atoms with Crippen molar-refractivity contribution >= 4 is 21.7 Å². The summed E-state index contributed by atoms with van der Waals surface area (Å²) in [6.07, 6.45) is 2.16. The van der Waals surface area contributed by atoms with E-state index in [-0.39, 0.29) is 48.8 Å². The van der Waals surface area contributed by atoms with Crippen LogP contribution in [0.1, 0.15) is 24.4 Å². The Kier molecular flexibility index (Phi) is 5.92. The number of rotatable bonds is 6. The van der Waals surface area contributed by atoms with Gasteiger partial charge in [-0.05, 0) is 30.4 Å². The van der Waals surface area contributed by atoms with Crippen molar-refractivity contribution in [1.82, 2.24) is 14.5 Å². The summed E-state index contributed by atoms with van der Waals surface area (Å²) in [5.74, 6) is 0.432. The lowest BCUT2D eigenvalue weighted by Crippen LogP contribution is -2.53. The number of carbonyl (C=O) groups is 1. The standard InChI is InChI=1S/C21H24N4O5S/c26-21(22-20(17-9-10-17)16-5-2-1-3-6-16)23-11-13-24(14-12-23)31(29,30)19-8-4-7-18(15-19)25(27)28/h1-8,15,17,20H,9-14H2,(H,22,26). The van der Waals surface area contributed by atoms with Crippen molar-refractivity contribution in [2.45, 2.75) is 23.8 Å². The van der Waals surface area contributed by atoms with Crippen molar-refractivity contribution in [1.29, 1.82) is 0 Å². The average Bonchev–Trinajstić information content (AvgIpc) is 3.63. The van der Waals surface area contributed by atoms with Crippen molar-refractivity contribution in [2.24, 2.45) is 5.92 Å². The van der Waals surface area contributed by atoms with Crippen LogP contribution in [0.4, 0.5) is 10.5 Å². The van der Waals surface area contributed by atoms with Crippen LogP contribution in [-0.4, -0.2) is 54.8 Å². The Balaban J connectivity index is 1.39. The molecule has 0 aromatic heterocycles. The van der Waals surface area contributed by atoms with E-state index in [4.69, 9.17) is 0 Å². The third kappa shape index (κ3) is 4.70. The average molecular weight is 445 g/mol. The van der Waals surface area contributed by atoms with Gasteiger partial charge in [-0.2, -0.15) is 4.31 Å². The maximum absolute atomic E-state index is 12.9. The second kappa shape index (κ2) is 8.64. The largest absolute Gasteiger partial charge is 0.331 e. The van der Waals surface area contributed by atoms with Gasteiger partial charge < -0.3 is 10.2 Å². The molecule has 2 aromatic carbocycles. The first kappa shape index (κ1) is 21.3. The summed E-state index contributed by atoms with van der Waals surface area (Å²) in [6, 6.07) is 14.6. The molecule has 4 rings (SSSR count). The van der Waals surface area contributed by atoms with E-state index in [1.54, 1.807) is 4.90 Å². The number of nitrogens with one attached hydrogen (secondary N) is 1. The lowest BCUT2D eigenvalue weighted by molar-refractivity contribution is -0.385. The number of carbonyl (C=O) groups excluding carboxylic acids is 1. The molecule has 9 nitrogen and oxygen atoms in total. The van der Waals surface area contributed by atoms with Crippen LogP contribution in [0.2, 0.25) is 0 Å². The van der Waals surface area contributed by atoms with Gasteiger partial charge in [-0.3, -0.25) is 10.1 Å². The fourth-order valence-corrected chi connectivity index (χ4v) is 5.29. The second-order valence-electron chi connectivity index (χ2n) is 7.82. The zero-order valence-electron chi connectivity index (χ0n) is 16.9. The van der Waals surface area contributed by atoms with Gasteiger partial charge in [0.15, 0.2) is 0 Å². The Morgan fingerprint density at radius 1 is 1.03 bits per heavy atom. The van der Waals surface area contributed by atoms with Crippen molar-refractivity contribution in [3.05, 3.63) is 70.3 Å². The summed E-state index contributed by atoms with van der Waals surface area (Å²) in [6.45, 7) is 0.786. The molecule has 1 N–H and O–H groups in total. The first-order valence-corrected chi connectivity index (χ1v) is 11.7. The molecule has 164 valence electrons. The smallest absolute Gasteiger partial charge is 0.317 e. The van der Waals surface area contributed by atoms with Crippen LogP contribution in [0.5, 0.6) is 0 Å². The molecule has 1 atom stereocenters. The number of piperazine rings is 1. The SMILES string of the molecule is O=C(NC(c1ccccc1)C1CC1)N1CCN(S(=O)(=O)c2cccc([N+](=O)[O-])c2)CC1. The summed E-state index contributed by atoms with van der Waals surface area (Å²) in [7, 11) is -3.87. The van der Waals surface area contributed by atoms with Crippen molar-refractivity contribution in [2.75, 3.05) is 26.2 Å². The van der Waals surface area contributed by atoms with Gasteiger partial charge in [-0.25, -0.2) is 13.2 Å². The number of nitro benzene ring substituents is 1. The van der Waals surface area contributed by atoms with E-state index < -0.39 is 14.9 Å². The highest BCUT2D eigenvalue weighted by atomic mass is 32.2. The highest BCUT2D eigenvalue weighted by Crippen LogP contribution is 2.41. The van der Waals surface area contributed by atoms with E-state index in [1.165, 1.54) is 22.5 Å². The van der Waals surface area contributed by atoms with Crippen LogP contribution < -0.4 is 5.32 Å². The molecule has 31 heavy (non-hydrogen) atoms. The van der Waals surface area contributed by atoms with Gasteiger partial charge in [0, 0.05) is 38.3 Å². The molecule has 1 saturated heterocycles. The zero-order chi connectivity index (χ0) is 22.0. The minimum Gasteiger partial charge on any atom is -0.331 e. The fraction of sp³-hybridized carbons (Fsp3) is 0.381. The molecule has 2 fully saturated rings. The Labute approximate surface area is 180 Å². The van der Waals surface area contributed by atoms with Crippen LogP contribution in [0, 0.1) is 16.0 Å². The summed E-state index contributed by atoms with van der Waals surface area (Å²) in [5.41, 5.74) is 0.802. The van der Waals surface area contributed by atoms with E-state index in [1.807, 2.05) is 30.3 Å². The highest BCUT2D eigenvalue weighted by Gasteiger charge is 2.36. The molecule has 0 spiro atoms. The molecular formula is C21H24N4O5S. The lowest BCUT2D eigenvalue weighted by atomic mass is 10.0. The second-order valence-corrected chi connectivity index (χ2v) is 9.76. The molecule has 1 unspecified atom stereocenters. The van der Waals surface area contributed by atoms with E-state index in [2.05, 4.69) is 5.32 Å². The molecule has 0 bridgehead atoms. The molecular weight excluding hydrogens is 420 g/mol. The Morgan fingerprint density at radius 3 is 2.32 bits per heavy atom. The van der Waals surface area contributed by atoms with Crippen LogP contribution >= 0.6 is 0 Å². The molecule has 0 radical (unpaired) electrons. The molecule has 10 heteroatoms. The summed E-state index contributed by atoms with van der Waals surface area (Å²) < 4.78 is 27.0. The Morgan fingerprint density at radius 2 is 1.71 bits per heavy atom. The van der Waals surface area contributed by atoms with Gasteiger partial charge in [0.25, 0.3) is 5.69 Å². The lowest BCUT2D eigenvalue weighted by Gasteiger charge is -2.35. The third-order valence-electron chi connectivity index (χ3n) is 5.72. The number of benzene rings is 2. The van der Waals surface area contributed by atoms with Crippen LogP contribution in [0.15, 0.2) is 59.5 Å². The van der Waals surface area contributed by atoms with Crippen LogP contribution in [0.3, 0.4) is 0 Å². The van der Waals surface area contributed by atoms with Crippen molar-refractivity contribution in [3.8, 4) is 0 Å². The quantitative estimate of drug-likeness (QED) is 0.544. The van der Waals surface area contributed by atoms with Gasteiger partial charge in [0.2, 0.25) is 10.0 Å². The minimum atomic E-state index is -3.87. The molecule has 1 saturated carbocycles. The maximum atomic E-state index is 12.9. The summed E-state index contributed by atoms with van der Waals surface area (Å²) in [4.78, 5) is 24.7. The maximum Gasteiger partial charge on any atom is 0.317 e. The van der Waals surface area contributed by atoms with Crippen LogP contribution in [0.25, 0.3) is 0 Å². The van der Waals surface area contributed by atoms with E-state index in [9.17, 15) is 23.3 Å². The number of nitro groups is 1. The summed E-state index contributed by atoms with van der Waals surface area (Å²) >= 11 is 0. The molecule has 2 aromatic rings. The predicted molar refractivity (Wildman–Crippen MR) is 114 cm³/mol.